The van der Waals surface area contributed by atoms with Crippen molar-refractivity contribution in [2.24, 2.45) is 17.8 Å². The highest BCUT2D eigenvalue weighted by molar-refractivity contribution is 6.28. The lowest BCUT2D eigenvalue weighted by molar-refractivity contribution is -0.152. The minimum atomic E-state index is -0.132. The van der Waals surface area contributed by atoms with E-state index in [1.165, 1.54) is 7.11 Å². The van der Waals surface area contributed by atoms with Gasteiger partial charge >= 0.3 is 5.97 Å². The molecule has 0 aliphatic heterocycles. The summed E-state index contributed by atoms with van der Waals surface area (Å²) in [5, 5.41) is 3.61. The van der Waals surface area contributed by atoms with Crippen LogP contribution in [0, 0.1) is 17.8 Å². The quantitative estimate of drug-likeness (QED) is 0.681. The molecule has 4 rings (SSSR count). The highest BCUT2D eigenvalue weighted by atomic mass is 35.5. The normalized spacial score (nSPS) is 29.9. The van der Waals surface area contributed by atoms with E-state index >= 15 is 0 Å². The van der Waals surface area contributed by atoms with Crippen LogP contribution in [-0.2, 0) is 9.53 Å². The number of halogens is 1. The minimum absolute atomic E-state index is 0.0321. The van der Waals surface area contributed by atoms with Gasteiger partial charge in [-0.1, -0.05) is 12.7 Å². The lowest BCUT2D eigenvalue weighted by Gasteiger charge is -2.47. The van der Waals surface area contributed by atoms with Crippen molar-refractivity contribution in [3.8, 4) is 0 Å². The van der Waals surface area contributed by atoms with Gasteiger partial charge in [-0.25, -0.2) is 9.97 Å². The van der Waals surface area contributed by atoms with Crippen LogP contribution in [0.2, 0.25) is 5.28 Å². The molecule has 1 aromatic rings. The summed E-state index contributed by atoms with van der Waals surface area (Å²) in [6, 6.07) is 0.0321. The van der Waals surface area contributed by atoms with Gasteiger partial charge in [-0.15, -0.1) is 0 Å². The van der Waals surface area contributed by atoms with E-state index < -0.39 is 0 Å². The number of methoxy groups -OCH3 is 1. The summed E-state index contributed by atoms with van der Waals surface area (Å²) in [5.41, 5.74) is 0.787. The van der Waals surface area contributed by atoms with Crippen molar-refractivity contribution in [2.45, 2.75) is 31.7 Å². The molecule has 3 aliphatic rings. The average molecular weight is 322 g/mol. The summed E-state index contributed by atoms with van der Waals surface area (Å²) in [4.78, 5) is 20.5. The van der Waals surface area contributed by atoms with Crippen LogP contribution in [0.4, 0.5) is 5.82 Å². The van der Waals surface area contributed by atoms with Crippen molar-refractivity contribution >= 4 is 29.5 Å². The van der Waals surface area contributed by atoms with Crippen LogP contribution in [0.1, 0.15) is 31.2 Å². The van der Waals surface area contributed by atoms with Crippen LogP contribution < -0.4 is 5.32 Å². The first kappa shape index (κ1) is 15.3. The Kier molecular flexibility index (Phi) is 4.34. The third kappa shape index (κ3) is 2.70. The Hall–Kier alpha value is -1.62. The molecule has 0 radical (unpaired) electrons. The third-order valence-electron chi connectivity index (χ3n) is 5.00. The van der Waals surface area contributed by atoms with E-state index in [0.29, 0.717) is 17.7 Å². The fourth-order valence-corrected chi connectivity index (χ4v) is 4.06. The second-order valence-corrected chi connectivity index (χ2v) is 6.38. The average Bonchev–Trinajstić information content (AvgIpc) is 2.55. The molecule has 3 aliphatic carbocycles. The number of nitrogens with zero attached hydrogens (tertiary/aromatic N) is 2. The molecule has 3 saturated carbocycles. The molecule has 0 saturated heterocycles. The van der Waals surface area contributed by atoms with Crippen LogP contribution >= 0.6 is 11.6 Å². The van der Waals surface area contributed by atoms with Gasteiger partial charge < -0.3 is 10.1 Å². The molecule has 1 N–H and O–H groups in total. The fraction of sp³-hybridized carbons (Fsp3) is 0.562. The number of carbonyl (C=O) groups is 1. The van der Waals surface area contributed by atoms with Crippen molar-refractivity contribution in [1.82, 2.24) is 9.97 Å². The topological polar surface area (TPSA) is 64.1 Å². The Bertz CT molecular complexity index is 585. The Morgan fingerprint density at radius 2 is 2.09 bits per heavy atom. The summed E-state index contributed by atoms with van der Waals surface area (Å²) in [6.45, 7) is 3.78. The smallest absolute Gasteiger partial charge is 0.311 e. The van der Waals surface area contributed by atoms with E-state index in [4.69, 9.17) is 16.3 Å². The van der Waals surface area contributed by atoms with Crippen LogP contribution in [0.3, 0.4) is 0 Å². The molecular formula is C16H20ClN3O2. The van der Waals surface area contributed by atoms with Crippen LogP contribution in [0.15, 0.2) is 12.8 Å². The number of hydrogen-bond donors (Lipinski definition) is 1. The maximum Gasteiger partial charge on any atom is 0.311 e. The summed E-state index contributed by atoms with van der Waals surface area (Å²) in [5.74, 6) is 1.23. The summed E-state index contributed by atoms with van der Waals surface area (Å²) in [7, 11) is 1.46. The van der Waals surface area contributed by atoms with E-state index in [-0.39, 0.29) is 23.2 Å². The predicted molar refractivity (Wildman–Crippen MR) is 85.5 cm³/mol. The molecule has 6 heteroatoms. The number of anilines is 1. The first-order chi connectivity index (χ1) is 10.6. The van der Waals surface area contributed by atoms with E-state index in [9.17, 15) is 4.79 Å². The number of ether oxygens (including phenoxy) is 1. The lowest BCUT2D eigenvalue weighted by atomic mass is 9.61. The van der Waals surface area contributed by atoms with Crippen molar-refractivity contribution in [3.05, 3.63) is 23.6 Å². The van der Waals surface area contributed by atoms with E-state index in [0.717, 1.165) is 31.2 Å². The first-order valence-electron chi connectivity index (χ1n) is 7.63. The predicted octanol–water partition coefficient (Wildman–Crippen LogP) is 3.16. The second kappa shape index (κ2) is 6.24. The molecule has 0 spiro atoms. The van der Waals surface area contributed by atoms with E-state index in [2.05, 4.69) is 21.9 Å². The van der Waals surface area contributed by atoms with Gasteiger partial charge in [0.05, 0.1) is 13.0 Å². The highest BCUT2D eigenvalue weighted by Gasteiger charge is 2.48. The number of esters is 1. The Balaban J connectivity index is 1.90. The third-order valence-corrected chi connectivity index (χ3v) is 5.19. The van der Waals surface area contributed by atoms with Crippen molar-refractivity contribution in [3.63, 3.8) is 0 Å². The minimum Gasteiger partial charge on any atom is -0.469 e. The van der Waals surface area contributed by atoms with Gasteiger partial charge in [0.1, 0.15) is 5.82 Å². The molecule has 2 unspecified atom stereocenters. The molecule has 118 valence electrons. The molecule has 1 heterocycles. The Labute approximate surface area is 135 Å². The first-order valence-corrected chi connectivity index (χ1v) is 8.01. The lowest BCUT2D eigenvalue weighted by Crippen LogP contribution is -2.52. The zero-order valence-electron chi connectivity index (χ0n) is 12.6. The molecule has 3 fully saturated rings. The van der Waals surface area contributed by atoms with Crippen molar-refractivity contribution in [1.29, 1.82) is 0 Å². The number of hydrogen-bond acceptors (Lipinski definition) is 5. The molecule has 2 atom stereocenters. The van der Waals surface area contributed by atoms with E-state index in [1.54, 1.807) is 12.3 Å². The highest BCUT2D eigenvalue weighted by Crippen LogP contribution is 2.46. The van der Waals surface area contributed by atoms with E-state index in [1.807, 2.05) is 0 Å². The molecule has 0 amide bonds. The Morgan fingerprint density at radius 3 is 2.73 bits per heavy atom. The van der Waals surface area contributed by atoms with Crippen LogP contribution in [0.25, 0.3) is 6.08 Å². The molecular weight excluding hydrogens is 302 g/mol. The maximum absolute atomic E-state index is 12.2. The van der Waals surface area contributed by atoms with Gasteiger partial charge in [0, 0.05) is 17.8 Å². The number of fused-ring (bicyclic) bond motifs is 3. The van der Waals surface area contributed by atoms with Crippen molar-refractivity contribution < 1.29 is 9.53 Å². The number of nitrogens with one attached hydrogen (secondary N) is 1. The maximum atomic E-state index is 12.2. The molecule has 2 bridgehead atoms. The van der Waals surface area contributed by atoms with Crippen LogP contribution in [-0.4, -0.2) is 29.1 Å². The van der Waals surface area contributed by atoms with Gasteiger partial charge in [-0.05, 0) is 49.1 Å². The summed E-state index contributed by atoms with van der Waals surface area (Å²) < 4.78 is 5.03. The van der Waals surface area contributed by atoms with Crippen molar-refractivity contribution in [2.75, 3.05) is 12.4 Å². The monoisotopic (exact) mass is 321 g/mol. The number of carbonyl (C=O) groups excluding carboxylic acids is 1. The second-order valence-electron chi connectivity index (χ2n) is 6.04. The van der Waals surface area contributed by atoms with Gasteiger partial charge in [-0.3, -0.25) is 4.79 Å². The number of aromatic nitrogens is 2. The van der Waals surface area contributed by atoms with Gasteiger partial charge in [-0.2, -0.15) is 0 Å². The van der Waals surface area contributed by atoms with Gasteiger partial charge in [0.25, 0.3) is 0 Å². The zero-order chi connectivity index (χ0) is 15.7. The molecule has 1 aromatic heterocycles. The number of rotatable bonds is 4. The molecule has 5 nitrogen and oxygen atoms in total. The standard InChI is InChI=1S/C16H20ClN3O2/c1-3-9-8-18-16(17)20-14(9)19-13-11-6-4-10(5-7-11)12(13)15(21)22-2/h3,8,10-13H,1,4-7H2,2H3,(H,18,19,20). The summed E-state index contributed by atoms with van der Waals surface area (Å²) in [6.07, 6.45) is 7.80. The fourth-order valence-electron chi connectivity index (χ4n) is 3.92. The van der Waals surface area contributed by atoms with Gasteiger partial charge in [0.2, 0.25) is 5.28 Å². The largest absolute Gasteiger partial charge is 0.469 e. The van der Waals surface area contributed by atoms with Crippen LogP contribution in [0.5, 0.6) is 0 Å². The summed E-state index contributed by atoms with van der Waals surface area (Å²) >= 11 is 5.91. The Morgan fingerprint density at radius 1 is 1.41 bits per heavy atom. The van der Waals surface area contributed by atoms with Gasteiger partial charge in [0.15, 0.2) is 0 Å². The molecule has 22 heavy (non-hydrogen) atoms. The SMILES string of the molecule is C=Cc1cnc(Cl)nc1NC1C2CCC(CC2)C1C(=O)OC. The zero-order valence-corrected chi connectivity index (χ0v) is 13.3. The molecule has 0 aromatic carbocycles.